The van der Waals surface area contributed by atoms with Gasteiger partial charge < -0.3 is 0 Å². The average molecular weight is 1710 g/mol. The van der Waals surface area contributed by atoms with Gasteiger partial charge in [0.25, 0.3) is 0 Å². The Labute approximate surface area is 732 Å². The maximum absolute atomic E-state index is 2.43. The number of fused-ring (bicyclic) bond motifs is 12. The van der Waals surface area contributed by atoms with Crippen molar-refractivity contribution in [1.82, 2.24) is 9.13 Å². The number of rotatable bonds is 14. The summed E-state index contributed by atoms with van der Waals surface area (Å²) in [5, 5.41) is 10.4. The predicted molar refractivity (Wildman–Crippen MR) is 531 cm³/mol. The van der Waals surface area contributed by atoms with E-state index in [1.165, 1.54) is 216 Å². The summed E-state index contributed by atoms with van der Waals surface area (Å²) in [5.41, 5.74) is 36.9. The Morgan fingerprint density at radius 2 is 0.339 bits per heavy atom. The van der Waals surface area contributed by atoms with Gasteiger partial charge in [-0.25, -0.2) is 0 Å². The Bertz CT molecular complexity index is 8180. The van der Waals surface area contributed by atoms with Crippen molar-refractivity contribution in [1.29, 1.82) is 0 Å². The third-order valence-corrected chi connectivity index (χ3v) is 30.2. The fraction of sp³-hybridized carbons (Fsp3) is 0. The third-order valence-electron chi connectivity index (χ3n) is 24.8. The summed E-state index contributed by atoms with van der Waals surface area (Å²) < 4.78 is 10.7. The molecule has 0 aliphatic carbocycles. The standard InChI is InChI=1S/2C60H39NSe/c1-4-16-40(17-5-1)43-22-12-23-44(34-43)47-35-48(37-49(36-47)52-28-15-30-55-54-29-14-27-51(59(54)62-60(52)55)42-20-8-3-9-21-42)46-32-33-58-56(39-46)53-26-10-11-31-57(53)61(58)50-25-13-24-45(38-50)41-18-6-2-7-19-41;1-4-15-40(16-5-1)42-29-31-43(32-30-42)47-35-48(37-49(36-47)52-25-14-27-55-54-26-13-24-51(59(54)62-60(52)55)44-19-8-3-9-20-44)46-33-34-58-56(39-46)53-23-10-11-28-57(53)61(58)50-22-12-21-45(38-50)41-17-6-2-7-18-41/h2*1-39H. The van der Waals surface area contributed by atoms with Crippen molar-refractivity contribution in [2.24, 2.45) is 0 Å². The topological polar surface area (TPSA) is 9.86 Å². The van der Waals surface area contributed by atoms with Crippen LogP contribution in [0.2, 0.25) is 0 Å². The molecule has 0 unspecified atom stereocenters. The quantitative estimate of drug-likeness (QED) is 0.0961. The average Bonchev–Trinajstić information content (AvgIpc) is 1.58. The van der Waals surface area contributed by atoms with Crippen LogP contribution in [0.25, 0.3) is 227 Å². The Kier molecular flexibility index (Phi) is 19.1. The van der Waals surface area contributed by atoms with Crippen LogP contribution in [-0.4, -0.2) is 38.1 Å². The van der Waals surface area contributed by atoms with Crippen LogP contribution in [0, 0.1) is 0 Å². The first-order chi connectivity index (χ1) is 61.5. The molecule has 580 valence electrons. The zero-order chi connectivity index (χ0) is 82.0. The number of hydrogen-bond acceptors (Lipinski definition) is 0. The molecule has 4 heteroatoms. The van der Waals surface area contributed by atoms with Crippen LogP contribution >= 0.6 is 0 Å². The number of para-hydroxylation sites is 2. The van der Waals surface area contributed by atoms with Gasteiger partial charge in [0.05, 0.1) is 0 Å². The van der Waals surface area contributed by atoms with Gasteiger partial charge in [-0.1, -0.05) is 91.0 Å². The molecule has 0 fully saturated rings. The molecule has 4 heterocycles. The summed E-state index contributed by atoms with van der Waals surface area (Å²) in [6, 6.07) is 174. The predicted octanol–water partition coefficient (Wildman–Crippen LogP) is 32.3. The molecule has 0 amide bonds. The Hall–Kier alpha value is -15.0. The molecule has 0 radical (unpaired) electrons. The fourth-order valence-corrected chi connectivity index (χ4v) is 24.5. The molecule has 0 aliphatic rings. The van der Waals surface area contributed by atoms with Gasteiger partial charge in [0.1, 0.15) is 0 Å². The van der Waals surface area contributed by atoms with Gasteiger partial charge in [0.2, 0.25) is 0 Å². The van der Waals surface area contributed by atoms with Crippen LogP contribution in [0.15, 0.2) is 473 Å². The summed E-state index contributed by atoms with van der Waals surface area (Å²) in [5.74, 6) is 0. The van der Waals surface area contributed by atoms with Crippen LogP contribution in [0.5, 0.6) is 0 Å². The molecular formula is C120H78N2Se2. The first-order valence-electron chi connectivity index (χ1n) is 42.5. The maximum atomic E-state index is 2.43. The zero-order valence-corrected chi connectivity index (χ0v) is 71.2. The molecule has 0 aliphatic heterocycles. The normalized spacial score (nSPS) is 11.5. The van der Waals surface area contributed by atoms with Gasteiger partial charge in [-0.15, -0.1) is 0 Å². The van der Waals surface area contributed by atoms with Gasteiger partial charge in [0, 0.05) is 0 Å². The van der Waals surface area contributed by atoms with Crippen molar-refractivity contribution in [3.05, 3.63) is 473 Å². The first-order valence-corrected chi connectivity index (χ1v) is 45.9. The molecule has 124 heavy (non-hydrogen) atoms. The van der Waals surface area contributed by atoms with Crippen molar-refractivity contribution < 1.29 is 0 Å². The zero-order valence-electron chi connectivity index (χ0n) is 67.7. The number of aromatic nitrogens is 2. The van der Waals surface area contributed by atoms with Gasteiger partial charge in [-0.3, -0.25) is 0 Å². The van der Waals surface area contributed by atoms with Crippen molar-refractivity contribution in [3.8, 4) is 145 Å². The van der Waals surface area contributed by atoms with E-state index < -0.39 is 0 Å². The Balaban J connectivity index is 0.000000143. The van der Waals surface area contributed by atoms with Crippen molar-refractivity contribution in [2.75, 3.05) is 0 Å². The molecule has 0 N–H and O–H groups in total. The molecule has 0 spiro atoms. The van der Waals surface area contributed by atoms with Crippen molar-refractivity contribution in [3.63, 3.8) is 0 Å². The van der Waals surface area contributed by atoms with E-state index in [2.05, 4.69) is 482 Å². The summed E-state index contributed by atoms with van der Waals surface area (Å²) in [6.45, 7) is 0. The molecule has 0 bridgehead atoms. The molecular weight excluding hydrogens is 1630 g/mol. The Morgan fingerprint density at radius 3 is 0.710 bits per heavy atom. The van der Waals surface area contributed by atoms with E-state index in [-0.39, 0.29) is 29.0 Å². The van der Waals surface area contributed by atoms with Crippen LogP contribution in [0.1, 0.15) is 0 Å². The molecule has 2 nitrogen and oxygen atoms in total. The van der Waals surface area contributed by atoms with Gasteiger partial charge in [0.15, 0.2) is 0 Å². The minimum absolute atomic E-state index is 0.135. The van der Waals surface area contributed by atoms with E-state index in [4.69, 9.17) is 0 Å². The molecule has 20 aromatic carbocycles. The second-order valence-corrected chi connectivity index (χ2v) is 36.4. The third kappa shape index (κ3) is 13.6. The van der Waals surface area contributed by atoms with E-state index in [1.54, 1.807) is 0 Å². The molecule has 0 saturated carbocycles. The summed E-state index contributed by atoms with van der Waals surface area (Å²) >= 11 is 0.273. The van der Waals surface area contributed by atoms with Gasteiger partial charge in [-0.05, 0) is 22.3 Å². The van der Waals surface area contributed by atoms with Crippen LogP contribution < -0.4 is 0 Å². The Morgan fingerprint density at radius 1 is 0.121 bits per heavy atom. The van der Waals surface area contributed by atoms with Crippen LogP contribution in [0.4, 0.5) is 0 Å². The van der Waals surface area contributed by atoms with E-state index in [0.717, 1.165) is 11.4 Å². The van der Waals surface area contributed by atoms with Crippen molar-refractivity contribution in [2.45, 2.75) is 0 Å². The second-order valence-electron chi connectivity index (χ2n) is 32.2. The molecule has 0 saturated heterocycles. The van der Waals surface area contributed by atoms with E-state index in [9.17, 15) is 0 Å². The SMILES string of the molecule is c1ccc(-c2ccc(-c3cc(-c4ccc5c(c4)c4ccccc4n5-c4cccc(-c5ccccc5)c4)cc(-c4cccc5c4[se]c4c(-c6ccccc6)cccc45)c3)cc2)cc1.c1ccc(-c2cccc(-c3cc(-c4ccc5c(c4)c4ccccc4n5-c4cccc(-c5ccccc5)c4)cc(-c4cccc5c4[se]c4c(-c6ccccc6)cccc45)c3)c2)cc1. The molecule has 24 rings (SSSR count). The van der Waals surface area contributed by atoms with E-state index in [0.29, 0.717) is 0 Å². The van der Waals surface area contributed by atoms with Gasteiger partial charge >= 0.3 is 625 Å². The molecule has 0 atom stereocenters. The van der Waals surface area contributed by atoms with Crippen LogP contribution in [0.3, 0.4) is 0 Å². The number of benzene rings is 20. The van der Waals surface area contributed by atoms with Crippen LogP contribution in [-0.2, 0) is 0 Å². The summed E-state index contributed by atoms with van der Waals surface area (Å²) in [4.78, 5) is 0. The van der Waals surface area contributed by atoms with E-state index >= 15 is 0 Å². The summed E-state index contributed by atoms with van der Waals surface area (Å²) in [7, 11) is 0. The number of nitrogens with zero attached hydrogens (tertiary/aromatic N) is 2. The number of hydrogen-bond donors (Lipinski definition) is 0. The molecule has 24 aromatic rings. The fourth-order valence-electron chi connectivity index (χ4n) is 18.8. The van der Waals surface area contributed by atoms with Crippen molar-refractivity contribution >= 4 is 111 Å². The minimum atomic E-state index is 0.135. The van der Waals surface area contributed by atoms with Gasteiger partial charge in [-0.2, -0.15) is 0 Å². The molecule has 4 aromatic heterocycles. The monoisotopic (exact) mass is 1710 g/mol. The van der Waals surface area contributed by atoms with E-state index in [1.807, 2.05) is 0 Å². The second kappa shape index (κ2) is 31.9. The summed E-state index contributed by atoms with van der Waals surface area (Å²) in [6.07, 6.45) is 0. The first kappa shape index (κ1) is 74.1.